The first-order valence-electron chi connectivity index (χ1n) is 10.0. The van der Waals surface area contributed by atoms with Crippen LogP contribution >= 0.6 is 0 Å². The fourth-order valence-electron chi connectivity index (χ4n) is 2.88. The van der Waals surface area contributed by atoms with E-state index in [2.05, 4.69) is 17.2 Å². The first-order chi connectivity index (χ1) is 14.8. The Morgan fingerprint density at radius 3 is 2.74 bits per heavy atom. The van der Waals surface area contributed by atoms with Gasteiger partial charge in [-0.3, -0.25) is 0 Å². The van der Waals surface area contributed by atoms with Gasteiger partial charge in [0.05, 0.1) is 11.4 Å². The van der Waals surface area contributed by atoms with Gasteiger partial charge in [-0.25, -0.2) is 13.6 Å². The third-order valence-electron chi connectivity index (χ3n) is 4.53. The van der Waals surface area contributed by atoms with Crippen LogP contribution in [0.2, 0.25) is 0 Å². The second-order valence-corrected chi connectivity index (χ2v) is 8.76. The summed E-state index contributed by atoms with van der Waals surface area (Å²) in [7, 11) is -4.09. The van der Waals surface area contributed by atoms with E-state index in [0.717, 1.165) is 36.4 Å². The lowest BCUT2D eigenvalue weighted by Gasteiger charge is -2.11. The van der Waals surface area contributed by atoms with Gasteiger partial charge in [-0.15, -0.1) is 0 Å². The summed E-state index contributed by atoms with van der Waals surface area (Å²) in [5, 5.41) is 2.90. The van der Waals surface area contributed by atoms with Crippen molar-refractivity contribution in [1.82, 2.24) is 4.98 Å². The van der Waals surface area contributed by atoms with Crippen molar-refractivity contribution in [3.05, 3.63) is 65.8 Å². The van der Waals surface area contributed by atoms with Crippen molar-refractivity contribution in [3.8, 4) is 0 Å². The summed E-state index contributed by atoms with van der Waals surface area (Å²) < 4.78 is 49.3. The Balaban J connectivity index is 1.59. The van der Waals surface area contributed by atoms with Gasteiger partial charge in [0.2, 0.25) is 0 Å². The van der Waals surface area contributed by atoms with Gasteiger partial charge in [0.1, 0.15) is 17.6 Å². The lowest BCUT2D eigenvalue weighted by atomic mass is 10.2. The molecule has 3 rings (SSSR count). The lowest BCUT2D eigenvalue weighted by molar-refractivity contribution is 0.260. The largest absolute Gasteiger partial charge is 0.441 e. The molecule has 0 aliphatic heterocycles. The molecule has 0 aliphatic rings. The van der Waals surface area contributed by atoms with Crippen molar-refractivity contribution in [2.45, 2.75) is 44.2 Å². The van der Waals surface area contributed by atoms with E-state index in [4.69, 9.17) is 14.3 Å². The number of nitrogens with two attached hydrogens (primary N) is 1. The zero-order valence-corrected chi connectivity index (χ0v) is 18.3. The summed E-state index contributed by atoms with van der Waals surface area (Å²) >= 11 is 0. The Hall–Kier alpha value is -2.75. The predicted octanol–water partition coefficient (Wildman–Crippen LogP) is 4.43. The quantitative estimate of drug-likeness (QED) is 0.349. The molecule has 9 heteroatoms. The standard InChI is InChI=1S/C22H26FN3O4S/c1-3-4-5-22-26-19-11-8-17(13-20(19)29-22)25-14-16(23)12-21(24)30-31(27,28)18-9-6-15(2)7-10-18/h6-13,21,25H,3-5,14,24H2,1-2H3. The second-order valence-electron chi connectivity index (χ2n) is 7.19. The molecule has 1 unspecified atom stereocenters. The fourth-order valence-corrected chi connectivity index (χ4v) is 3.80. The molecule has 2 aromatic carbocycles. The van der Waals surface area contributed by atoms with Crippen molar-refractivity contribution in [2.75, 3.05) is 11.9 Å². The Morgan fingerprint density at radius 1 is 1.29 bits per heavy atom. The molecule has 0 aliphatic carbocycles. The van der Waals surface area contributed by atoms with E-state index in [1.54, 1.807) is 30.3 Å². The smallest absolute Gasteiger partial charge is 0.298 e. The van der Waals surface area contributed by atoms with Gasteiger partial charge in [0.25, 0.3) is 10.1 Å². The number of aryl methyl sites for hydroxylation is 2. The number of oxazole rings is 1. The number of fused-ring (bicyclic) bond motifs is 1. The summed E-state index contributed by atoms with van der Waals surface area (Å²) in [6.45, 7) is 3.74. The van der Waals surface area contributed by atoms with Crippen LogP contribution < -0.4 is 11.1 Å². The minimum atomic E-state index is -4.09. The number of unbranched alkanes of at least 4 members (excludes halogenated alkanes) is 1. The normalized spacial score (nSPS) is 13.5. The molecule has 3 N–H and O–H groups in total. The maximum atomic E-state index is 14.2. The molecule has 0 spiro atoms. The molecular formula is C22H26FN3O4S. The van der Waals surface area contributed by atoms with Gasteiger partial charge in [-0.2, -0.15) is 8.42 Å². The zero-order valence-electron chi connectivity index (χ0n) is 17.5. The SMILES string of the molecule is CCCCc1nc2ccc(NCC(F)=CC(N)OS(=O)(=O)c3ccc(C)cc3)cc2o1. The number of nitrogens with one attached hydrogen (secondary N) is 1. The molecule has 166 valence electrons. The van der Waals surface area contributed by atoms with Gasteiger partial charge in [0, 0.05) is 18.2 Å². The van der Waals surface area contributed by atoms with Crippen LogP contribution in [0.15, 0.2) is 63.7 Å². The highest BCUT2D eigenvalue weighted by atomic mass is 32.2. The van der Waals surface area contributed by atoms with Crippen LogP contribution in [0.3, 0.4) is 0 Å². The molecule has 0 saturated heterocycles. The summed E-state index contributed by atoms with van der Waals surface area (Å²) in [4.78, 5) is 4.38. The second kappa shape index (κ2) is 10.0. The number of hydrogen-bond donors (Lipinski definition) is 2. The van der Waals surface area contributed by atoms with Crippen LogP contribution in [-0.2, 0) is 20.7 Å². The number of aromatic nitrogens is 1. The topological polar surface area (TPSA) is 107 Å². The molecule has 0 radical (unpaired) electrons. The number of nitrogens with zero attached hydrogens (tertiary/aromatic N) is 1. The molecule has 1 aromatic heterocycles. The Labute approximate surface area is 181 Å². The lowest BCUT2D eigenvalue weighted by Crippen LogP contribution is -2.26. The van der Waals surface area contributed by atoms with Crippen LogP contribution in [0, 0.1) is 6.92 Å². The van der Waals surface area contributed by atoms with Crippen molar-refractivity contribution in [1.29, 1.82) is 0 Å². The monoisotopic (exact) mass is 447 g/mol. The third-order valence-corrected chi connectivity index (χ3v) is 5.86. The van der Waals surface area contributed by atoms with Crippen molar-refractivity contribution in [2.24, 2.45) is 5.73 Å². The van der Waals surface area contributed by atoms with E-state index in [0.29, 0.717) is 17.2 Å². The Bertz CT molecular complexity index is 1160. The Kier molecular flexibility index (Phi) is 7.42. The van der Waals surface area contributed by atoms with E-state index in [9.17, 15) is 12.8 Å². The highest BCUT2D eigenvalue weighted by molar-refractivity contribution is 7.86. The van der Waals surface area contributed by atoms with Crippen LogP contribution in [-0.4, -0.2) is 26.2 Å². The zero-order chi connectivity index (χ0) is 22.4. The highest BCUT2D eigenvalue weighted by Gasteiger charge is 2.18. The molecule has 1 atom stereocenters. The van der Waals surface area contributed by atoms with E-state index >= 15 is 0 Å². The molecule has 31 heavy (non-hydrogen) atoms. The number of benzene rings is 2. The molecule has 0 saturated carbocycles. The first kappa shape index (κ1) is 22.9. The molecule has 3 aromatic rings. The minimum Gasteiger partial charge on any atom is -0.441 e. The summed E-state index contributed by atoms with van der Waals surface area (Å²) in [5.74, 6) is 0.0193. The molecule has 0 bridgehead atoms. The predicted molar refractivity (Wildman–Crippen MR) is 118 cm³/mol. The van der Waals surface area contributed by atoms with Gasteiger partial charge in [-0.05, 0) is 43.7 Å². The van der Waals surface area contributed by atoms with Gasteiger partial charge >= 0.3 is 0 Å². The minimum absolute atomic E-state index is 0.0425. The molecule has 7 nitrogen and oxygen atoms in total. The third kappa shape index (κ3) is 6.36. The van der Waals surface area contributed by atoms with Crippen LogP contribution in [0.1, 0.15) is 31.2 Å². The highest BCUT2D eigenvalue weighted by Crippen LogP contribution is 2.21. The molecule has 0 fully saturated rings. The van der Waals surface area contributed by atoms with E-state index in [1.165, 1.54) is 12.1 Å². The summed E-state index contributed by atoms with van der Waals surface area (Å²) in [5.41, 5.74) is 8.54. The average molecular weight is 448 g/mol. The van der Waals surface area contributed by atoms with Gasteiger partial charge < -0.3 is 15.5 Å². The van der Waals surface area contributed by atoms with Gasteiger partial charge in [0.15, 0.2) is 11.5 Å². The number of hydrogen-bond acceptors (Lipinski definition) is 7. The van der Waals surface area contributed by atoms with Crippen molar-refractivity contribution < 1.29 is 21.4 Å². The van der Waals surface area contributed by atoms with Crippen LogP contribution in [0.4, 0.5) is 10.1 Å². The van der Waals surface area contributed by atoms with Crippen molar-refractivity contribution in [3.63, 3.8) is 0 Å². The molecule has 0 amide bonds. The molecular weight excluding hydrogens is 421 g/mol. The van der Waals surface area contributed by atoms with E-state index in [1.807, 2.05) is 6.92 Å². The number of halogens is 1. The maximum Gasteiger partial charge on any atom is 0.298 e. The van der Waals surface area contributed by atoms with E-state index < -0.39 is 22.2 Å². The molecule has 1 heterocycles. The average Bonchev–Trinajstić information content (AvgIpc) is 3.12. The summed E-state index contributed by atoms with van der Waals surface area (Å²) in [6.07, 6.45) is 2.28. The number of anilines is 1. The van der Waals surface area contributed by atoms with Crippen LogP contribution in [0.25, 0.3) is 11.1 Å². The maximum absolute atomic E-state index is 14.2. The van der Waals surface area contributed by atoms with Crippen molar-refractivity contribution >= 4 is 26.9 Å². The van der Waals surface area contributed by atoms with E-state index in [-0.39, 0.29) is 11.4 Å². The van der Waals surface area contributed by atoms with Crippen LogP contribution in [0.5, 0.6) is 0 Å². The Morgan fingerprint density at radius 2 is 2.03 bits per heavy atom. The fraction of sp³-hybridized carbons (Fsp3) is 0.318. The number of rotatable bonds is 10. The van der Waals surface area contributed by atoms with Gasteiger partial charge in [-0.1, -0.05) is 31.0 Å². The summed E-state index contributed by atoms with van der Waals surface area (Å²) in [6, 6.07) is 11.4. The first-order valence-corrected chi connectivity index (χ1v) is 11.4.